The van der Waals surface area contributed by atoms with Gasteiger partial charge in [-0.05, 0) is 34.4 Å². The summed E-state index contributed by atoms with van der Waals surface area (Å²) in [7, 11) is 0. The first-order valence-corrected chi connectivity index (χ1v) is 10.6. The molecule has 0 bridgehead atoms. The maximum atomic E-state index is 12.2. The summed E-state index contributed by atoms with van der Waals surface area (Å²) in [6.07, 6.45) is -0.148. The van der Waals surface area contributed by atoms with Gasteiger partial charge in [0.05, 0.1) is 11.1 Å². The molecule has 2 aliphatic rings. The second kappa shape index (κ2) is 8.64. The number of benzene rings is 3. The molecule has 162 valence electrons. The van der Waals surface area contributed by atoms with E-state index in [4.69, 9.17) is 4.74 Å². The fraction of sp³-hybridized carbons (Fsp3) is 0.148. The molecule has 1 N–H and O–H groups in total. The Kier molecular flexibility index (Phi) is 5.37. The largest absolute Gasteiger partial charge is 0.449 e. The van der Waals surface area contributed by atoms with Crippen LogP contribution in [-0.4, -0.2) is 31.2 Å². The van der Waals surface area contributed by atoms with Crippen LogP contribution < -0.4 is 5.32 Å². The Morgan fingerprint density at radius 2 is 1.55 bits per heavy atom. The lowest BCUT2D eigenvalue weighted by Crippen LogP contribution is -2.26. The molecular formula is C27H19NO5. The fourth-order valence-electron chi connectivity index (χ4n) is 4.27. The van der Waals surface area contributed by atoms with Gasteiger partial charge >= 0.3 is 18.0 Å². The van der Waals surface area contributed by atoms with Gasteiger partial charge in [0.25, 0.3) is 0 Å². The maximum absolute atomic E-state index is 12.2. The number of fused-ring (bicyclic) bond motifs is 4. The second-order valence-corrected chi connectivity index (χ2v) is 7.71. The zero-order valence-corrected chi connectivity index (χ0v) is 17.6. The summed E-state index contributed by atoms with van der Waals surface area (Å²) in [6, 6.07) is 21.2. The van der Waals surface area contributed by atoms with E-state index in [9.17, 15) is 14.4 Å². The Morgan fingerprint density at radius 3 is 2.27 bits per heavy atom. The summed E-state index contributed by atoms with van der Waals surface area (Å²) in [5, 5.41) is 2.70. The fourth-order valence-corrected chi connectivity index (χ4v) is 4.27. The van der Waals surface area contributed by atoms with Gasteiger partial charge in [-0.1, -0.05) is 66.4 Å². The predicted molar refractivity (Wildman–Crippen MR) is 121 cm³/mol. The smallest absolute Gasteiger partial charge is 0.407 e. The number of hydrogen-bond donors (Lipinski definition) is 1. The first-order chi connectivity index (χ1) is 16.1. The van der Waals surface area contributed by atoms with Gasteiger partial charge in [0.1, 0.15) is 6.61 Å². The second-order valence-electron chi connectivity index (χ2n) is 7.71. The van der Waals surface area contributed by atoms with Crippen molar-refractivity contribution in [1.29, 1.82) is 0 Å². The average Bonchev–Trinajstić information content (AvgIpc) is 3.31. The molecular weight excluding hydrogens is 418 g/mol. The lowest BCUT2D eigenvalue weighted by molar-refractivity contribution is 0.0443. The summed E-state index contributed by atoms with van der Waals surface area (Å²) in [5.41, 5.74) is 5.52. The van der Waals surface area contributed by atoms with Crippen molar-refractivity contribution in [2.75, 3.05) is 13.2 Å². The first kappa shape index (κ1) is 20.5. The van der Waals surface area contributed by atoms with E-state index >= 15 is 0 Å². The number of nitrogens with one attached hydrogen (secondary N) is 1. The standard InChI is InChI=1S/C27H19NO5/c29-25-22-14-7-9-17(24(22)26(30)33-25)8-5-6-15-28-27(31)32-16-23-20-12-3-1-10-18(20)19-11-2-4-13-21(19)23/h1-4,7,9-14,23H,6,15-16H2,(H,28,31). The van der Waals surface area contributed by atoms with Crippen LogP contribution in [0.1, 0.15) is 49.7 Å². The highest BCUT2D eigenvalue weighted by molar-refractivity contribution is 6.15. The van der Waals surface area contributed by atoms with Crippen molar-refractivity contribution in [3.05, 3.63) is 94.5 Å². The molecule has 1 heterocycles. The van der Waals surface area contributed by atoms with Gasteiger partial charge in [-0.15, -0.1) is 0 Å². The minimum absolute atomic E-state index is 0.00517. The summed E-state index contributed by atoms with van der Waals surface area (Å²) in [5.74, 6) is 4.44. The third kappa shape index (κ3) is 3.85. The number of rotatable bonds is 4. The molecule has 0 fully saturated rings. The van der Waals surface area contributed by atoms with Crippen LogP contribution in [0, 0.1) is 11.8 Å². The lowest BCUT2D eigenvalue weighted by Gasteiger charge is -2.14. The van der Waals surface area contributed by atoms with Gasteiger partial charge < -0.3 is 14.8 Å². The minimum Gasteiger partial charge on any atom is -0.449 e. The van der Waals surface area contributed by atoms with Crippen molar-refractivity contribution in [3.8, 4) is 23.0 Å². The zero-order chi connectivity index (χ0) is 22.8. The zero-order valence-electron chi connectivity index (χ0n) is 17.6. The molecule has 3 aromatic carbocycles. The van der Waals surface area contributed by atoms with E-state index in [1.807, 2.05) is 24.3 Å². The highest BCUT2D eigenvalue weighted by Gasteiger charge is 2.31. The van der Waals surface area contributed by atoms with Gasteiger partial charge in [0.2, 0.25) is 0 Å². The Bertz CT molecular complexity index is 1300. The molecule has 0 spiro atoms. The number of cyclic esters (lactones) is 2. The summed E-state index contributed by atoms with van der Waals surface area (Å²) >= 11 is 0. The van der Waals surface area contributed by atoms with Crippen LogP contribution in [0.2, 0.25) is 0 Å². The number of alkyl carbamates (subject to hydrolysis) is 1. The summed E-state index contributed by atoms with van der Waals surface area (Å²) in [4.78, 5) is 35.7. The summed E-state index contributed by atoms with van der Waals surface area (Å²) in [6.45, 7) is 0.542. The van der Waals surface area contributed by atoms with Gasteiger partial charge in [0, 0.05) is 24.4 Å². The molecule has 1 aliphatic heterocycles. The lowest BCUT2D eigenvalue weighted by atomic mass is 9.98. The number of ether oxygens (including phenoxy) is 2. The molecule has 6 heteroatoms. The number of hydrogen-bond acceptors (Lipinski definition) is 5. The van der Waals surface area contributed by atoms with E-state index in [-0.39, 0.29) is 23.7 Å². The maximum Gasteiger partial charge on any atom is 0.407 e. The first-order valence-electron chi connectivity index (χ1n) is 10.6. The summed E-state index contributed by atoms with van der Waals surface area (Å²) < 4.78 is 10.1. The van der Waals surface area contributed by atoms with Crippen LogP contribution >= 0.6 is 0 Å². The van der Waals surface area contributed by atoms with E-state index in [1.54, 1.807) is 12.1 Å². The Balaban J connectivity index is 1.16. The molecule has 33 heavy (non-hydrogen) atoms. The van der Waals surface area contributed by atoms with Gasteiger partial charge in [-0.2, -0.15) is 0 Å². The highest BCUT2D eigenvalue weighted by Crippen LogP contribution is 2.44. The molecule has 1 aliphatic carbocycles. The van der Waals surface area contributed by atoms with Gasteiger partial charge in [-0.25, -0.2) is 14.4 Å². The number of carbonyl (C=O) groups is 3. The van der Waals surface area contributed by atoms with E-state index in [0.717, 1.165) is 11.1 Å². The monoisotopic (exact) mass is 437 g/mol. The van der Waals surface area contributed by atoms with Crippen LogP contribution in [0.15, 0.2) is 66.7 Å². The quantitative estimate of drug-likeness (QED) is 0.285. The van der Waals surface area contributed by atoms with Crippen molar-refractivity contribution in [2.24, 2.45) is 0 Å². The average molecular weight is 437 g/mol. The van der Waals surface area contributed by atoms with E-state index in [0.29, 0.717) is 18.5 Å². The number of carbonyl (C=O) groups excluding carboxylic acids is 3. The van der Waals surface area contributed by atoms with Crippen molar-refractivity contribution in [2.45, 2.75) is 12.3 Å². The minimum atomic E-state index is -0.684. The van der Waals surface area contributed by atoms with E-state index in [1.165, 1.54) is 17.2 Å². The molecule has 0 unspecified atom stereocenters. The number of amides is 1. The molecule has 0 saturated heterocycles. The molecule has 3 aromatic rings. The SMILES string of the molecule is O=C(NCCC#Cc1cccc2c1C(=O)OC2=O)OCC1c2ccccc2-c2ccccc21. The van der Waals surface area contributed by atoms with Crippen molar-refractivity contribution >= 4 is 18.0 Å². The molecule has 1 amide bonds. The molecule has 0 aromatic heterocycles. The Hall–Kier alpha value is -4.37. The third-order valence-electron chi connectivity index (χ3n) is 5.76. The van der Waals surface area contributed by atoms with Crippen molar-refractivity contribution in [3.63, 3.8) is 0 Å². The topological polar surface area (TPSA) is 81.7 Å². The highest BCUT2D eigenvalue weighted by atomic mass is 16.6. The molecule has 0 saturated carbocycles. The molecule has 0 atom stereocenters. The van der Waals surface area contributed by atoms with Crippen LogP contribution in [0.4, 0.5) is 4.79 Å². The Morgan fingerprint density at radius 1 is 0.879 bits per heavy atom. The number of esters is 2. The van der Waals surface area contributed by atoms with E-state index in [2.05, 4.69) is 46.2 Å². The normalized spacial score (nSPS) is 13.3. The van der Waals surface area contributed by atoms with Gasteiger partial charge in [0.15, 0.2) is 0 Å². The van der Waals surface area contributed by atoms with Crippen molar-refractivity contribution in [1.82, 2.24) is 5.32 Å². The third-order valence-corrected chi connectivity index (χ3v) is 5.76. The molecule has 5 rings (SSSR count). The van der Waals surface area contributed by atoms with Crippen molar-refractivity contribution < 1.29 is 23.9 Å². The van der Waals surface area contributed by atoms with Crippen LogP contribution in [-0.2, 0) is 9.47 Å². The van der Waals surface area contributed by atoms with E-state index < -0.39 is 18.0 Å². The predicted octanol–water partition coefficient (Wildman–Crippen LogP) is 4.28. The molecule has 6 nitrogen and oxygen atoms in total. The molecule has 0 radical (unpaired) electrons. The van der Waals surface area contributed by atoms with Crippen LogP contribution in [0.3, 0.4) is 0 Å². The Labute approximate surface area is 190 Å². The van der Waals surface area contributed by atoms with Gasteiger partial charge in [-0.3, -0.25) is 0 Å². The van der Waals surface area contributed by atoms with Crippen LogP contribution in [0.5, 0.6) is 0 Å². The van der Waals surface area contributed by atoms with Crippen LogP contribution in [0.25, 0.3) is 11.1 Å².